The first-order valence-electron chi connectivity index (χ1n) is 11.0. The van der Waals surface area contributed by atoms with Gasteiger partial charge in [0.05, 0.1) is 37.0 Å². The molecule has 0 spiro atoms. The molecule has 0 amide bonds. The summed E-state index contributed by atoms with van der Waals surface area (Å²) >= 11 is 0. The van der Waals surface area contributed by atoms with Crippen molar-refractivity contribution in [3.8, 4) is 5.88 Å². The highest BCUT2D eigenvalue weighted by molar-refractivity contribution is 5.85. The quantitative estimate of drug-likeness (QED) is 0.303. The van der Waals surface area contributed by atoms with Crippen molar-refractivity contribution in [3.63, 3.8) is 0 Å². The number of quaternary nitrogens is 1. The number of halogens is 2. The van der Waals surface area contributed by atoms with Crippen molar-refractivity contribution in [3.05, 3.63) is 76.7 Å². The van der Waals surface area contributed by atoms with Crippen molar-refractivity contribution in [1.82, 2.24) is 9.78 Å². The lowest BCUT2D eigenvalue weighted by molar-refractivity contribution is -0.878. The number of benzene rings is 2. The lowest BCUT2D eigenvalue weighted by Crippen LogP contribution is -3.08. The zero-order valence-electron chi connectivity index (χ0n) is 19.1. The summed E-state index contributed by atoms with van der Waals surface area (Å²) in [4.78, 5) is 18.2. The second kappa shape index (κ2) is 12.1. The fourth-order valence-electron chi connectivity index (χ4n) is 4.49. The summed E-state index contributed by atoms with van der Waals surface area (Å²) in [6.07, 6.45) is 3.02. The molecule has 7 nitrogen and oxygen atoms in total. The summed E-state index contributed by atoms with van der Waals surface area (Å²) in [5.74, 6) is 0.515. The SMILES string of the molecule is C[NH+]1CCCC(n2nc(OCc3ccc4ccccc4[nH+]3)c3ccccc3c2=O)CC1.O.[Cl-].[Cl-]. The largest absolute Gasteiger partial charge is 1.00 e. The van der Waals surface area contributed by atoms with Crippen LogP contribution >= 0.6 is 0 Å². The van der Waals surface area contributed by atoms with E-state index in [1.807, 2.05) is 42.5 Å². The maximum Gasteiger partial charge on any atom is 0.275 e. The molecule has 1 aliphatic rings. The van der Waals surface area contributed by atoms with Crippen molar-refractivity contribution >= 4 is 21.7 Å². The zero-order valence-corrected chi connectivity index (χ0v) is 20.6. The number of pyridine rings is 1. The summed E-state index contributed by atoms with van der Waals surface area (Å²) in [7, 11) is 2.22. The van der Waals surface area contributed by atoms with Gasteiger partial charge in [-0.05, 0) is 37.1 Å². The molecule has 9 heteroatoms. The standard InChI is InChI=1S/C25H26N4O2.2ClH.H2O/c1-28-15-6-8-20(14-16-28)29-25(30)22-10-4-3-9-21(22)24(27-29)31-17-19-13-12-18-7-2-5-11-23(18)26-19;;;/h2-5,7,9-13,20H,6,8,14-17H2,1H3;2*1H;1H2. The third-order valence-electron chi connectivity index (χ3n) is 6.27. The van der Waals surface area contributed by atoms with Crippen LogP contribution in [0.2, 0.25) is 0 Å². The Morgan fingerprint density at radius 3 is 2.56 bits per heavy atom. The van der Waals surface area contributed by atoms with Crippen molar-refractivity contribution in [2.24, 2.45) is 0 Å². The van der Waals surface area contributed by atoms with Gasteiger partial charge >= 0.3 is 0 Å². The molecule has 2 atom stereocenters. The molecule has 1 saturated heterocycles. The van der Waals surface area contributed by atoms with Crippen LogP contribution in [0, 0.1) is 0 Å². The molecule has 2 unspecified atom stereocenters. The lowest BCUT2D eigenvalue weighted by atomic mass is 10.1. The minimum atomic E-state index is -0.0234. The number of fused-ring (bicyclic) bond motifs is 2. The molecular formula is C25H30Cl2N4O3. The molecule has 4 aromatic rings. The van der Waals surface area contributed by atoms with Gasteiger partial charge in [-0.2, -0.15) is 0 Å². The van der Waals surface area contributed by atoms with Crippen LogP contribution in [0.1, 0.15) is 31.0 Å². The molecule has 2 aromatic carbocycles. The number of aromatic amines is 1. The fraction of sp³-hybridized carbons (Fsp3) is 0.320. The average Bonchev–Trinajstić information content (AvgIpc) is 3.03. The van der Waals surface area contributed by atoms with Crippen LogP contribution in [0.5, 0.6) is 5.88 Å². The number of ether oxygens (including phenoxy) is 1. The van der Waals surface area contributed by atoms with E-state index in [2.05, 4.69) is 30.2 Å². The molecule has 1 aliphatic heterocycles. The molecule has 182 valence electrons. The fourth-order valence-corrected chi connectivity index (χ4v) is 4.49. The number of hydrogen-bond acceptors (Lipinski definition) is 3. The number of hydrogen-bond donors (Lipinski definition) is 1. The summed E-state index contributed by atoms with van der Waals surface area (Å²) in [6, 6.07) is 20.0. The molecule has 0 bridgehead atoms. The molecule has 3 heterocycles. The third-order valence-corrected chi connectivity index (χ3v) is 6.27. The summed E-state index contributed by atoms with van der Waals surface area (Å²) in [6.45, 7) is 2.55. The topological polar surface area (TPSA) is 94.2 Å². The number of aromatic nitrogens is 3. The highest BCUT2D eigenvalue weighted by atomic mass is 35.5. The van der Waals surface area contributed by atoms with E-state index in [1.54, 1.807) is 4.68 Å². The first-order chi connectivity index (χ1) is 15.2. The zero-order chi connectivity index (χ0) is 21.2. The van der Waals surface area contributed by atoms with Gasteiger partial charge in [0.25, 0.3) is 5.56 Å². The van der Waals surface area contributed by atoms with E-state index in [-0.39, 0.29) is 41.9 Å². The average molecular weight is 505 g/mol. The van der Waals surface area contributed by atoms with E-state index in [1.165, 1.54) is 4.90 Å². The number of likely N-dealkylation sites (tertiary alicyclic amines) is 1. The van der Waals surface area contributed by atoms with Crippen molar-refractivity contribution in [2.75, 3.05) is 20.1 Å². The molecule has 4 N–H and O–H groups in total. The van der Waals surface area contributed by atoms with E-state index in [4.69, 9.17) is 9.84 Å². The predicted molar refractivity (Wildman–Crippen MR) is 124 cm³/mol. The van der Waals surface area contributed by atoms with Crippen molar-refractivity contribution < 1.29 is 44.9 Å². The molecule has 34 heavy (non-hydrogen) atoms. The Balaban J connectivity index is 0.00000136. The molecule has 0 aliphatic carbocycles. The summed E-state index contributed by atoms with van der Waals surface area (Å²) in [5.41, 5.74) is 2.00. The molecule has 1 fully saturated rings. The van der Waals surface area contributed by atoms with E-state index in [0.29, 0.717) is 17.9 Å². The van der Waals surface area contributed by atoms with Gasteiger partial charge in [0.1, 0.15) is 0 Å². The first-order valence-corrected chi connectivity index (χ1v) is 11.0. The van der Waals surface area contributed by atoms with Crippen LogP contribution in [0.3, 0.4) is 0 Å². The normalized spacial score (nSPS) is 17.7. The number of para-hydroxylation sites is 1. The number of H-pyrrole nitrogens is 1. The third kappa shape index (κ3) is 5.67. The minimum absolute atomic E-state index is 0. The summed E-state index contributed by atoms with van der Waals surface area (Å²) < 4.78 is 7.87. The highest BCUT2D eigenvalue weighted by Crippen LogP contribution is 2.24. The minimum Gasteiger partial charge on any atom is -1.00 e. The van der Waals surface area contributed by atoms with Gasteiger partial charge < -0.3 is 39.9 Å². The number of rotatable bonds is 4. The van der Waals surface area contributed by atoms with Crippen molar-refractivity contribution in [2.45, 2.75) is 31.9 Å². The van der Waals surface area contributed by atoms with Crippen LogP contribution in [0.15, 0.2) is 65.5 Å². The van der Waals surface area contributed by atoms with E-state index in [9.17, 15) is 4.79 Å². The van der Waals surface area contributed by atoms with E-state index in [0.717, 1.165) is 54.3 Å². The van der Waals surface area contributed by atoms with Gasteiger partial charge in [-0.3, -0.25) is 4.79 Å². The van der Waals surface area contributed by atoms with Gasteiger partial charge in [0.2, 0.25) is 17.1 Å². The summed E-state index contributed by atoms with van der Waals surface area (Å²) in [5, 5.41) is 7.31. The molecule has 0 saturated carbocycles. The van der Waals surface area contributed by atoms with Gasteiger partial charge in [0.15, 0.2) is 6.61 Å². The Hall–Kier alpha value is -2.71. The first kappa shape index (κ1) is 27.5. The van der Waals surface area contributed by atoms with Gasteiger partial charge in [0, 0.05) is 23.9 Å². The monoisotopic (exact) mass is 504 g/mol. The Bertz CT molecular complexity index is 1300. The Morgan fingerprint density at radius 1 is 1.00 bits per heavy atom. The van der Waals surface area contributed by atoms with Crippen LogP contribution in [-0.4, -0.2) is 35.4 Å². The Labute approximate surface area is 210 Å². The molecule has 2 aromatic heterocycles. The second-order valence-corrected chi connectivity index (χ2v) is 8.50. The van der Waals surface area contributed by atoms with Crippen LogP contribution in [0.4, 0.5) is 0 Å². The van der Waals surface area contributed by atoms with Crippen LogP contribution in [-0.2, 0) is 6.61 Å². The van der Waals surface area contributed by atoms with Crippen molar-refractivity contribution in [1.29, 1.82) is 0 Å². The smallest absolute Gasteiger partial charge is 0.275 e. The maximum atomic E-state index is 13.2. The number of nitrogens with zero attached hydrogens (tertiary/aromatic N) is 2. The lowest BCUT2D eigenvalue weighted by Gasteiger charge is -2.18. The molecule has 0 radical (unpaired) electrons. The van der Waals surface area contributed by atoms with Crippen LogP contribution in [0.25, 0.3) is 21.7 Å². The number of nitrogens with one attached hydrogen (secondary N) is 2. The molecular weight excluding hydrogens is 475 g/mol. The highest BCUT2D eigenvalue weighted by Gasteiger charge is 2.23. The predicted octanol–water partition coefficient (Wildman–Crippen LogP) is -4.63. The van der Waals surface area contributed by atoms with Gasteiger partial charge in [-0.1, -0.05) is 24.3 Å². The van der Waals surface area contributed by atoms with E-state index < -0.39 is 0 Å². The second-order valence-electron chi connectivity index (χ2n) is 8.50. The van der Waals surface area contributed by atoms with Crippen LogP contribution < -0.4 is 45.0 Å². The van der Waals surface area contributed by atoms with Gasteiger partial charge in [-0.15, -0.1) is 5.10 Å². The Kier molecular flexibility index (Phi) is 9.82. The van der Waals surface area contributed by atoms with E-state index >= 15 is 0 Å². The molecule has 5 rings (SSSR count). The Morgan fingerprint density at radius 2 is 1.74 bits per heavy atom. The van der Waals surface area contributed by atoms with Gasteiger partial charge in [-0.25, -0.2) is 9.67 Å². The maximum absolute atomic E-state index is 13.2.